The molecular formula is C37H74O12. The average molecular weight is 711 g/mol. The summed E-state index contributed by atoms with van der Waals surface area (Å²) in [4.78, 5) is 11.9. The van der Waals surface area contributed by atoms with Crippen molar-refractivity contribution in [2.24, 2.45) is 0 Å². The molecule has 0 unspecified atom stereocenters. The summed E-state index contributed by atoms with van der Waals surface area (Å²) >= 11 is 0. The van der Waals surface area contributed by atoms with Crippen molar-refractivity contribution in [1.82, 2.24) is 0 Å². The third kappa shape index (κ3) is 45.0. The topological polar surface area (TPSA) is 119 Å². The van der Waals surface area contributed by atoms with Crippen LogP contribution >= 0.6 is 0 Å². The highest BCUT2D eigenvalue weighted by Gasteiger charge is 2.03. The molecule has 0 aromatic rings. The SMILES string of the molecule is CCCCCCCCCCCCCCCC(=O)OCCOCCOCCOCCOCCOCCOCCOCCOCCOCCOC. The Morgan fingerprint density at radius 1 is 0.327 bits per heavy atom. The Hall–Kier alpha value is -0.930. The van der Waals surface area contributed by atoms with E-state index >= 15 is 0 Å². The summed E-state index contributed by atoms with van der Waals surface area (Å²) < 4.78 is 59.2. The Labute approximate surface area is 298 Å². The van der Waals surface area contributed by atoms with Gasteiger partial charge in [0, 0.05) is 13.5 Å². The van der Waals surface area contributed by atoms with Crippen molar-refractivity contribution in [2.75, 3.05) is 139 Å². The number of carbonyl (C=O) groups is 1. The zero-order valence-electron chi connectivity index (χ0n) is 31.4. The molecule has 0 saturated carbocycles. The summed E-state index contributed by atoms with van der Waals surface area (Å²) in [5.74, 6) is -0.130. The minimum absolute atomic E-state index is 0.130. The fourth-order valence-electron chi connectivity index (χ4n) is 4.58. The first-order valence-electron chi connectivity index (χ1n) is 19.2. The lowest BCUT2D eigenvalue weighted by Gasteiger charge is -2.09. The van der Waals surface area contributed by atoms with E-state index in [-0.39, 0.29) is 5.97 Å². The van der Waals surface area contributed by atoms with Gasteiger partial charge in [-0.3, -0.25) is 4.79 Å². The number of unbranched alkanes of at least 4 members (excludes halogenated alkanes) is 12. The van der Waals surface area contributed by atoms with Gasteiger partial charge in [-0.2, -0.15) is 0 Å². The van der Waals surface area contributed by atoms with Gasteiger partial charge < -0.3 is 52.1 Å². The highest BCUT2D eigenvalue weighted by Crippen LogP contribution is 2.13. The molecule has 0 radical (unpaired) electrons. The number of methoxy groups -OCH3 is 1. The molecule has 0 aliphatic carbocycles. The molecule has 12 nitrogen and oxygen atoms in total. The standard InChI is InChI=1S/C37H74O12/c1-3-4-5-6-7-8-9-10-11-12-13-14-15-16-37(38)49-36-35-48-34-33-47-32-31-46-30-29-45-28-27-44-26-25-43-24-23-42-22-21-41-20-19-40-18-17-39-2/h3-36H2,1-2H3. The lowest BCUT2D eigenvalue weighted by molar-refractivity contribution is -0.145. The molecule has 0 rings (SSSR count). The van der Waals surface area contributed by atoms with E-state index in [0.717, 1.165) is 12.8 Å². The molecule has 0 aliphatic heterocycles. The zero-order valence-corrected chi connectivity index (χ0v) is 31.4. The van der Waals surface area contributed by atoms with Gasteiger partial charge in [-0.25, -0.2) is 0 Å². The second-order valence-corrected chi connectivity index (χ2v) is 11.7. The van der Waals surface area contributed by atoms with Gasteiger partial charge in [-0.15, -0.1) is 0 Å². The Balaban J connectivity index is 3.12. The van der Waals surface area contributed by atoms with Crippen LogP contribution in [0.3, 0.4) is 0 Å². The maximum atomic E-state index is 11.9. The number of esters is 1. The lowest BCUT2D eigenvalue weighted by atomic mass is 10.0. The number of ether oxygens (including phenoxy) is 11. The molecule has 49 heavy (non-hydrogen) atoms. The van der Waals surface area contributed by atoms with Gasteiger partial charge in [0.1, 0.15) is 6.61 Å². The van der Waals surface area contributed by atoms with Crippen molar-refractivity contribution >= 4 is 5.97 Å². The molecule has 294 valence electrons. The monoisotopic (exact) mass is 711 g/mol. The van der Waals surface area contributed by atoms with Gasteiger partial charge in [-0.05, 0) is 6.42 Å². The fourth-order valence-corrected chi connectivity index (χ4v) is 4.58. The molecule has 0 bridgehead atoms. The molecule has 0 saturated heterocycles. The second-order valence-electron chi connectivity index (χ2n) is 11.7. The summed E-state index contributed by atoms with van der Waals surface area (Å²) in [6.45, 7) is 12.3. The van der Waals surface area contributed by atoms with Gasteiger partial charge in [0.2, 0.25) is 0 Å². The predicted molar refractivity (Wildman–Crippen MR) is 191 cm³/mol. The van der Waals surface area contributed by atoms with E-state index in [9.17, 15) is 4.79 Å². The van der Waals surface area contributed by atoms with Crippen LogP contribution in [0.5, 0.6) is 0 Å². The van der Waals surface area contributed by atoms with Crippen LogP contribution in [-0.2, 0) is 56.9 Å². The van der Waals surface area contributed by atoms with E-state index in [2.05, 4.69) is 6.92 Å². The van der Waals surface area contributed by atoms with E-state index in [1.807, 2.05) is 0 Å². The van der Waals surface area contributed by atoms with Crippen LogP contribution < -0.4 is 0 Å². The molecule has 0 aromatic carbocycles. The molecule has 0 atom stereocenters. The van der Waals surface area contributed by atoms with Crippen LogP contribution in [0, 0.1) is 0 Å². The zero-order chi connectivity index (χ0) is 35.4. The van der Waals surface area contributed by atoms with E-state index in [1.54, 1.807) is 7.11 Å². The first-order chi connectivity index (χ1) is 24.3. The van der Waals surface area contributed by atoms with Crippen LogP contribution in [0.1, 0.15) is 96.8 Å². The van der Waals surface area contributed by atoms with Gasteiger partial charge in [-0.1, -0.05) is 84.0 Å². The Morgan fingerprint density at radius 2 is 0.571 bits per heavy atom. The number of hydrogen-bond acceptors (Lipinski definition) is 12. The number of carbonyl (C=O) groups excluding carboxylic acids is 1. The van der Waals surface area contributed by atoms with Crippen molar-refractivity contribution in [2.45, 2.75) is 96.8 Å². The molecule has 0 aliphatic rings. The first-order valence-corrected chi connectivity index (χ1v) is 19.2. The third-order valence-corrected chi connectivity index (χ3v) is 7.38. The highest BCUT2D eigenvalue weighted by atomic mass is 16.6. The first kappa shape index (κ1) is 48.1. The Bertz CT molecular complexity index is 614. The molecule has 0 aromatic heterocycles. The van der Waals surface area contributed by atoms with Crippen molar-refractivity contribution in [3.8, 4) is 0 Å². The minimum atomic E-state index is -0.130. The van der Waals surface area contributed by atoms with E-state index in [4.69, 9.17) is 52.1 Å². The second kappa shape index (κ2) is 45.1. The normalized spacial score (nSPS) is 11.5. The van der Waals surface area contributed by atoms with Crippen molar-refractivity contribution in [3.05, 3.63) is 0 Å². The quantitative estimate of drug-likeness (QED) is 0.0561. The molecule has 12 heteroatoms. The van der Waals surface area contributed by atoms with Gasteiger partial charge in [0.05, 0.1) is 126 Å². The van der Waals surface area contributed by atoms with E-state index in [1.165, 1.54) is 70.6 Å². The third-order valence-electron chi connectivity index (χ3n) is 7.38. The van der Waals surface area contributed by atoms with Gasteiger partial charge >= 0.3 is 5.97 Å². The molecule has 0 N–H and O–H groups in total. The maximum Gasteiger partial charge on any atom is 0.305 e. The molecule has 0 amide bonds. The summed E-state index contributed by atoms with van der Waals surface area (Å²) in [6, 6.07) is 0. The Kier molecular flexibility index (Phi) is 44.2. The summed E-state index contributed by atoms with van der Waals surface area (Å²) in [7, 11) is 1.65. The van der Waals surface area contributed by atoms with Crippen LogP contribution in [0.2, 0.25) is 0 Å². The van der Waals surface area contributed by atoms with Crippen molar-refractivity contribution < 1.29 is 56.9 Å². The van der Waals surface area contributed by atoms with E-state index < -0.39 is 0 Å². The molecule has 0 fully saturated rings. The summed E-state index contributed by atoms with van der Waals surface area (Å²) in [5.41, 5.74) is 0. The lowest BCUT2D eigenvalue weighted by Crippen LogP contribution is -2.15. The van der Waals surface area contributed by atoms with Crippen LogP contribution in [-0.4, -0.2) is 145 Å². The maximum absolute atomic E-state index is 11.9. The van der Waals surface area contributed by atoms with Crippen LogP contribution in [0.25, 0.3) is 0 Å². The van der Waals surface area contributed by atoms with Crippen molar-refractivity contribution in [1.29, 1.82) is 0 Å². The largest absolute Gasteiger partial charge is 0.463 e. The van der Waals surface area contributed by atoms with Crippen LogP contribution in [0.15, 0.2) is 0 Å². The molecule has 0 spiro atoms. The Morgan fingerprint density at radius 3 is 0.857 bits per heavy atom. The van der Waals surface area contributed by atoms with Crippen LogP contribution in [0.4, 0.5) is 0 Å². The van der Waals surface area contributed by atoms with E-state index in [0.29, 0.717) is 139 Å². The van der Waals surface area contributed by atoms with Gasteiger partial charge in [0.15, 0.2) is 0 Å². The predicted octanol–water partition coefficient (Wildman–Crippen LogP) is 5.81. The summed E-state index contributed by atoms with van der Waals surface area (Å²) in [6.07, 6.45) is 17.3. The average Bonchev–Trinajstić information content (AvgIpc) is 3.11. The fraction of sp³-hybridized carbons (Fsp3) is 0.973. The van der Waals surface area contributed by atoms with Gasteiger partial charge in [0.25, 0.3) is 0 Å². The number of hydrogen-bond donors (Lipinski definition) is 0. The minimum Gasteiger partial charge on any atom is -0.463 e. The molecular weight excluding hydrogens is 636 g/mol. The van der Waals surface area contributed by atoms with Crippen molar-refractivity contribution in [3.63, 3.8) is 0 Å². The number of rotatable bonds is 44. The molecule has 0 heterocycles. The smallest absolute Gasteiger partial charge is 0.305 e. The summed E-state index contributed by atoms with van der Waals surface area (Å²) in [5, 5.41) is 0. The highest BCUT2D eigenvalue weighted by molar-refractivity contribution is 5.69.